The fourth-order valence-corrected chi connectivity index (χ4v) is 3.96. The summed E-state index contributed by atoms with van der Waals surface area (Å²) in [4.78, 5) is 12.2. The average Bonchev–Trinajstić information content (AvgIpc) is 2.77. The second kappa shape index (κ2) is 10.9. The molecule has 0 N–H and O–H groups in total. The van der Waals surface area contributed by atoms with Crippen LogP contribution in [0.1, 0.15) is 67.8 Å². The van der Waals surface area contributed by atoms with E-state index in [0.717, 1.165) is 18.1 Å². The summed E-state index contributed by atoms with van der Waals surface area (Å²) in [6.07, 6.45) is 8.84. The summed E-state index contributed by atoms with van der Waals surface area (Å²) in [6.45, 7) is 2.89. The lowest BCUT2D eigenvalue weighted by Crippen LogP contribution is -2.20. The largest absolute Gasteiger partial charge is 0.493 e. The van der Waals surface area contributed by atoms with Crippen molar-refractivity contribution in [2.24, 2.45) is 11.8 Å². The molecule has 0 bridgehead atoms. The zero-order chi connectivity index (χ0) is 22.2. The highest BCUT2D eigenvalue weighted by Gasteiger charge is 2.21. The standard InChI is InChI=1S/C25H27F2NO3/c1-2-3-4-17-5-7-18(8-6-17)16-30-20-11-9-19(10-12-20)25(29)31-21-13-23(26)22(15-28)24(27)14-21/h9-14,17-18H,2-8,16H2,1H3. The number of nitriles is 1. The fraction of sp³-hybridized carbons (Fsp3) is 0.440. The van der Waals surface area contributed by atoms with Crippen LogP contribution in [0, 0.1) is 34.8 Å². The molecule has 0 saturated heterocycles. The Labute approximate surface area is 181 Å². The Hall–Kier alpha value is -2.94. The first-order valence-electron chi connectivity index (χ1n) is 10.8. The van der Waals surface area contributed by atoms with Gasteiger partial charge in [0, 0.05) is 12.1 Å². The van der Waals surface area contributed by atoms with Crippen LogP contribution in [0.4, 0.5) is 8.78 Å². The van der Waals surface area contributed by atoms with E-state index in [1.165, 1.54) is 51.0 Å². The molecule has 31 heavy (non-hydrogen) atoms. The van der Waals surface area contributed by atoms with Gasteiger partial charge >= 0.3 is 5.97 Å². The zero-order valence-corrected chi connectivity index (χ0v) is 17.7. The van der Waals surface area contributed by atoms with Crippen LogP contribution in [-0.2, 0) is 0 Å². The van der Waals surface area contributed by atoms with E-state index in [1.54, 1.807) is 24.3 Å². The fourth-order valence-electron chi connectivity index (χ4n) is 3.96. The minimum absolute atomic E-state index is 0.231. The predicted octanol–water partition coefficient (Wildman–Crippen LogP) is 6.43. The number of ether oxygens (including phenoxy) is 2. The molecule has 1 saturated carbocycles. The monoisotopic (exact) mass is 427 g/mol. The van der Waals surface area contributed by atoms with Crippen molar-refractivity contribution >= 4 is 5.97 Å². The Morgan fingerprint density at radius 2 is 1.65 bits per heavy atom. The van der Waals surface area contributed by atoms with Gasteiger partial charge in [0.25, 0.3) is 0 Å². The van der Waals surface area contributed by atoms with Crippen LogP contribution in [0.5, 0.6) is 11.5 Å². The summed E-state index contributed by atoms with van der Waals surface area (Å²) in [7, 11) is 0. The highest BCUT2D eigenvalue weighted by atomic mass is 19.1. The van der Waals surface area contributed by atoms with Crippen LogP contribution in [0.3, 0.4) is 0 Å². The van der Waals surface area contributed by atoms with Crippen molar-refractivity contribution in [2.45, 2.75) is 51.9 Å². The number of halogens is 2. The number of carbonyl (C=O) groups is 1. The van der Waals surface area contributed by atoms with Crippen LogP contribution in [0.2, 0.25) is 0 Å². The number of hydrogen-bond acceptors (Lipinski definition) is 4. The molecule has 2 aromatic carbocycles. The van der Waals surface area contributed by atoms with Gasteiger partial charge in [0.1, 0.15) is 34.8 Å². The minimum Gasteiger partial charge on any atom is -0.493 e. The van der Waals surface area contributed by atoms with Crippen LogP contribution in [-0.4, -0.2) is 12.6 Å². The van der Waals surface area contributed by atoms with Crippen molar-refractivity contribution in [2.75, 3.05) is 6.61 Å². The van der Waals surface area contributed by atoms with Gasteiger partial charge in [-0.05, 0) is 48.9 Å². The maximum Gasteiger partial charge on any atom is 0.343 e. The Balaban J connectivity index is 1.49. The number of hydrogen-bond donors (Lipinski definition) is 0. The molecule has 164 valence electrons. The number of unbranched alkanes of at least 4 members (excludes halogenated alkanes) is 1. The predicted molar refractivity (Wildman–Crippen MR) is 113 cm³/mol. The first-order valence-corrected chi connectivity index (χ1v) is 10.8. The summed E-state index contributed by atoms with van der Waals surface area (Å²) in [5.74, 6) is -1.11. The van der Waals surface area contributed by atoms with Crippen molar-refractivity contribution in [3.8, 4) is 17.6 Å². The first-order chi connectivity index (χ1) is 15.0. The average molecular weight is 427 g/mol. The first kappa shape index (κ1) is 22.7. The number of esters is 1. The van der Waals surface area contributed by atoms with Crippen LogP contribution in [0.15, 0.2) is 36.4 Å². The van der Waals surface area contributed by atoms with E-state index in [4.69, 9.17) is 14.7 Å². The molecule has 3 rings (SSSR count). The second-order valence-corrected chi connectivity index (χ2v) is 8.13. The molecule has 6 heteroatoms. The van der Waals surface area contributed by atoms with E-state index in [-0.39, 0.29) is 11.3 Å². The lowest BCUT2D eigenvalue weighted by Gasteiger charge is -2.28. The molecule has 0 spiro atoms. The number of rotatable bonds is 8. The van der Waals surface area contributed by atoms with Gasteiger partial charge < -0.3 is 9.47 Å². The topological polar surface area (TPSA) is 59.3 Å². The number of nitrogens with zero attached hydrogens (tertiary/aromatic N) is 1. The molecule has 4 nitrogen and oxygen atoms in total. The van der Waals surface area contributed by atoms with E-state index >= 15 is 0 Å². The minimum atomic E-state index is -1.08. The molecule has 1 aliphatic rings. The third-order valence-corrected chi connectivity index (χ3v) is 5.85. The van der Waals surface area contributed by atoms with Crippen molar-refractivity contribution < 1.29 is 23.0 Å². The van der Waals surface area contributed by atoms with Gasteiger partial charge in [0.05, 0.1) is 12.2 Å². The van der Waals surface area contributed by atoms with E-state index in [0.29, 0.717) is 18.3 Å². The molecule has 0 atom stereocenters. The van der Waals surface area contributed by atoms with Gasteiger partial charge in [-0.15, -0.1) is 0 Å². The SMILES string of the molecule is CCCCC1CCC(COc2ccc(C(=O)Oc3cc(F)c(C#N)c(F)c3)cc2)CC1. The molecule has 2 aromatic rings. The van der Waals surface area contributed by atoms with Crippen molar-refractivity contribution in [3.05, 3.63) is 59.2 Å². The van der Waals surface area contributed by atoms with E-state index in [9.17, 15) is 13.6 Å². The Kier molecular flexibility index (Phi) is 8.00. The smallest absolute Gasteiger partial charge is 0.343 e. The third kappa shape index (κ3) is 6.27. The van der Waals surface area contributed by atoms with Crippen LogP contribution >= 0.6 is 0 Å². The normalized spacial score (nSPS) is 18.3. The van der Waals surface area contributed by atoms with E-state index in [1.807, 2.05) is 0 Å². The Morgan fingerprint density at radius 3 is 2.23 bits per heavy atom. The molecular formula is C25H27F2NO3. The maximum absolute atomic E-state index is 13.7. The zero-order valence-electron chi connectivity index (χ0n) is 17.7. The van der Waals surface area contributed by atoms with Gasteiger partial charge in [0.2, 0.25) is 0 Å². The number of carbonyl (C=O) groups excluding carboxylic acids is 1. The van der Waals surface area contributed by atoms with Crippen LogP contribution in [0.25, 0.3) is 0 Å². The quantitative estimate of drug-likeness (QED) is 0.360. The lowest BCUT2D eigenvalue weighted by molar-refractivity contribution is 0.0734. The summed E-state index contributed by atoms with van der Waals surface area (Å²) in [6, 6.07) is 9.52. The molecule has 0 aromatic heterocycles. The van der Waals surface area contributed by atoms with E-state index < -0.39 is 23.2 Å². The Morgan fingerprint density at radius 1 is 1.03 bits per heavy atom. The maximum atomic E-state index is 13.7. The molecule has 0 aliphatic heterocycles. The molecule has 0 heterocycles. The summed E-state index contributed by atoms with van der Waals surface area (Å²) in [5, 5.41) is 8.70. The number of benzene rings is 2. The van der Waals surface area contributed by atoms with Gasteiger partial charge in [-0.25, -0.2) is 13.6 Å². The van der Waals surface area contributed by atoms with Crippen LogP contribution < -0.4 is 9.47 Å². The highest BCUT2D eigenvalue weighted by molar-refractivity contribution is 5.91. The van der Waals surface area contributed by atoms with Crippen molar-refractivity contribution in [1.82, 2.24) is 0 Å². The van der Waals surface area contributed by atoms with E-state index in [2.05, 4.69) is 6.92 Å². The molecule has 1 fully saturated rings. The highest BCUT2D eigenvalue weighted by Crippen LogP contribution is 2.32. The third-order valence-electron chi connectivity index (χ3n) is 5.85. The van der Waals surface area contributed by atoms with Crippen molar-refractivity contribution in [1.29, 1.82) is 5.26 Å². The molecule has 0 amide bonds. The summed E-state index contributed by atoms with van der Waals surface area (Å²) < 4.78 is 38.2. The lowest BCUT2D eigenvalue weighted by atomic mass is 9.80. The van der Waals surface area contributed by atoms with Gasteiger partial charge in [0.15, 0.2) is 0 Å². The molecule has 0 unspecified atom stereocenters. The second-order valence-electron chi connectivity index (χ2n) is 8.13. The van der Waals surface area contributed by atoms with Gasteiger partial charge in [-0.3, -0.25) is 0 Å². The molecule has 0 radical (unpaired) electrons. The summed E-state index contributed by atoms with van der Waals surface area (Å²) >= 11 is 0. The summed E-state index contributed by atoms with van der Waals surface area (Å²) in [5.41, 5.74) is -0.482. The molecule has 1 aliphatic carbocycles. The van der Waals surface area contributed by atoms with Gasteiger partial charge in [-0.2, -0.15) is 5.26 Å². The van der Waals surface area contributed by atoms with Crippen molar-refractivity contribution in [3.63, 3.8) is 0 Å². The van der Waals surface area contributed by atoms with Gasteiger partial charge in [-0.1, -0.05) is 39.0 Å². The molecular weight excluding hydrogens is 400 g/mol. The Bertz CT molecular complexity index is 906.